The molecule has 77 valence electrons. The highest BCUT2D eigenvalue weighted by Gasteiger charge is 2.26. The number of nitrogens with zero attached hydrogens (tertiary/aromatic N) is 2. The number of rotatable bonds is 3. The molecule has 0 aliphatic carbocycles. The van der Waals surface area contributed by atoms with Crippen molar-refractivity contribution in [2.45, 2.75) is 12.5 Å². The van der Waals surface area contributed by atoms with Gasteiger partial charge < -0.3 is 10.1 Å². The highest BCUT2D eigenvalue weighted by Crippen LogP contribution is 2.23. The van der Waals surface area contributed by atoms with E-state index < -0.39 is 0 Å². The molecular weight excluding hydrogens is 178 g/mol. The molecule has 1 aromatic rings. The van der Waals surface area contributed by atoms with Gasteiger partial charge >= 0.3 is 0 Å². The summed E-state index contributed by atoms with van der Waals surface area (Å²) in [6.07, 6.45) is 4.74. The molecular formula is C10H16N3O. The summed E-state index contributed by atoms with van der Waals surface area (Å²) in [5.41, 5.74) is 0. The van der Waals surface area contributed by atoms with Crippen LogP contribution in [0.15, 0.2) is 12.4 Å². The van der Waals surface area contributed by atoms with Gasteiger partial charge in [-0.15, -0.1) is 0 Å². The van der Waals surface area contributed by atoms with Crippen molar-refractivity contribution < 1.29 is 4.74 Å². The molecule has 1 aliphatic rings. The molecule has 2 heterocycles. The van der Waals surface area contributed by atoms with Crippen LogP contribution in [0.2, 0.25) is 0 Å². The topological polar surface area (TPSA) is 39.1 Å². The van der Waals surface area contributed by atoms with Crippen molar-refractivity contribution in [2.24, 2.45) is 5.92 Å². The summed E-state index contributed by atoms with van der Waals surface area (Å²) in [5, 5.41) is 7.63. The van der Waals surface area contributed by atoms with Crippen LogP contribution in [0.3, 0.4) is 0 Å². The first-order valence-corrected chi connectivity index (χ1v) is 5.01. The highest BCUT2D eigenvalue weighted by molar-refractivity contribution is 4.86. The maximum Gasteiger partial charge on any atom is 0.0593 e. The van der Waals surface area contributed by atoms with Gasteiger partial charge in [0.2, 0.25) is 0 Å². The maximum absolute atomic E-state index is 5.22. The van der Waals surface area contributed by atoms with E-state index in [0.29, 0.717) is 12.0 Å². The van der Waals surface area contributed by atoms with E-state index in [1.807, 2.05) is 10.9 Å². The Morgan fingerprint density at radius 2 is 2.64 bits per heavy atom. The van der Waals surface area contributed by atoms with Crippen LogP contribution in [0, 0.1) is 12.0 Å². The summed E-state index contributed by atoms with van der Waals surface area (Å²) >= 11 is 0. The monoisotopic (exact) mass is 194 g/mol. The fourth-order valence-corrected chi connectivity index (χ4v) is 2.07. The summed E-state index contributed by atoms with van der Waals surface area (Å²) in [4.78, 5) is 0. The third kappa shape index (κ3) is 1.96. The number of hydrogen-bond acceptors (Lipinski definition) is 3. The number of hydrogen-bond donors (Lipinski definition) is 1. The maximum atomic E-state index is 5.22. The zero-order chi connectivity index (χ0) is 9.80. The van der Waals surface area contributed by atoms with Crippen LogP contribution in [0.25, 0.3) is 0 Å². The quantitative estimate of drug-likeness (QED) is 0.760. The van der Waals surface area contributed by atoms with Crippen molar-refractivity contribution in [3.63, 3.8) is 0 Å². The number of piperidine rings is 1. The number of ether oxygens (including phenoxy) is 1. The van der Waals surface area contributed by atoms with Crippen molar-refractivity contribution in [3.8, 4) is 0 Å². The molecule has 0 spiro atoms. The second kappa shape index (κ2) is 4.57. The molecule has 4 nitrogen and oxygen atoms in total. The molecule has 14 heavy (non-hydrogen) atoms. The molecule has 0 saturated carbocycles. The molecule has 2 unspecified atom stereocenters. The van der Waals surface area contributed by atoms with Crippen LogP contribution in [0.4, 0.5) is 0 Å². The van der Waals surface area contributed by atoms with Crippen molar-refractivity contribution in [2.75, 3.05) is 26.8 Å². The Morgan fingerprint density at radius 1 is 1.71 bits per heavy atom. The van der Waals surface area contributed by atoms with Crippen molar-refractivity contribution in [3.05, 3.63) is 18.5 Å². The van der Waals surface area contributed by atoms with Crippen LogP contribution in [0.1, 0.15) is 12.5 Å². The van der Waals surface area contributed by atoms with E-state index in [-0.39, 0.29) is 0 Å². The summed E-state index contributed by atoms with van der Waals surface area (Å²) in [6.45, 7) is 2.86. The average molecular weight is 194 g/mol. The largest absolute Gasteiger partial charge is 0.384 e. The van der Waals surface area contributed by atoms with Crippen LogP contribution in [-0.2, 0) is 4.74 Å². The zero-order valence-corrected chi connectivity index (χ0v) is 8.44. The van der Waals surface area contributed by atoms with E-state index >= 15 is 0 Å². The molecule has 1 N–H and O–H groups in total. The van der Waals surface area contributed by atoms with Gasteiger partial charge in [0.1, 0.15) is 0 Å². The summed E-state index contributed by atoms with van der Waals surface area (Å²) in [6, 6.07) is 3.44. The van der Waals surface area contributed by atoms with Gasteiger partial charge in [-0.2, -0.15) is 5.10 Å². The Morgan fingerprint density at radius 3 is 3.36 bits per heavy atom. The van der Waals surface area contributed by atoms with E-state index in [1.165, 1.54) is 0 Å². The summed E-state index contributed by atoms with van der Waals surface area (Å²) < 4.78 is 7.22. The molecule has 4 heteroatoms. The van der Waals surface area contributed by atoms with Gasteiger partial charge in [0.05, 0.1) is 18.8 Å². The van der Waals surface area contributed by atoms with Gasteiger partial charge in [0.15, 0.2) is 0 Å². The molecule has 1 fully saturated rings. The lowest BCUT2D eigenvalue weighted by atomic mass is 9.94. The predicted octanol–water partition coefficient (Wildman–Crippen LogP) is 0.480. The minimum atomic E-state index is 0.461. The molecule has 0 aromatic carbocycles. The van der Waals surface area contributed by atoms with Crippen molar-refractivity contribution in [1.82, 2.24) is 15.1 Å². The van der Waals surface area contributed by atoms with Gasteiger partial charge in [-0.25, -0.2) is 0 Å². The third-order valence-electron chi connectivity index (χ3n) is 2.76. The third-order valence-corrected chi connectivity index (χ3v) is 2.76. The number of nitrogens with one attached hydrogen (secondary N) is 1. The molecule has 1 radical (unpaired) electrons. The molecule has 1 aromatic heterocycles. The molecule has 1 saturated heterocycles. The minimum absolute atomic E-state index is 0.461. The Labute approximate surface area is 84.3 Å². The standard InChI is InChI=1S/C10H16N3O/c1-14-8-9-7-11-5-3-10(9)13-6-2-4-12-13/h4,6,9-11H,3,5,7-8H2,1H3. The fraction of sp³-hybridized carbons (Fsp3) is 0.700. The molecule has 0 amide bonds. The Bertz CT molecular complexity index is 258. The first kappa shape index (κ1) is 9.68. The molecule has 2 rings (SSSR count). The van der Waals surface area contributed by atoms with E-state index in [2.05, 4.69) is 16.5 Å². The molecule has 0 bridgehead atoms. The van der Waals surface area contributed by atoms with Gasteiger partial charge in [-0.1, -0.05) is 0 Å². The zero-order valence-electron chi connectivity index (χ0n) is 8.44. The minimum Gasteiger partial charge on any atom is -0.384 e. The van der Waals surface area contributed by atoms with Crippen LogP contribution in [0.5, 0.6) is 0 Å². The Balaban J connectivity index is 2.06. The molecule has 2 atom stereocenters. The number of methoxy groups -OCH3 is 1. The van der Waals surface area contributed by atoms with Crippen molar-refractivity contribution in [1.29, 1.82) is 0 Å². The van der Waals surface area contributed by atoms with E-state index in [9.17, 15) is 0 Å². The van der Waals surface area contributed by atoms with Crippen LogP contribution >= 0.6 is 0 Å². The summed E-state index contributed by atoms with van der Waals surface area (Å²) in [5.74, 6) is 0.516. The first-order chi connectivity index (χ1) is 6.92. The van der Waals surface area contributed by atoms with Crippen molar-refractivity contribution >= 4 is 0 Å². The normalized spacial score (nSPS) is 27.8. The Kier molecular flexibility index (Phi) is 3.16. The lowest BCUT2D eigenvalue weighted by molar-refractivity contribution is 0.101. The molecule has 1 aliphatic heterocycles. The lowest BCUT2D eigenvalue weighted by Gasteiger charge is -2.31. The second-order valence-corrected chi connectivity index (χ2v) is 3.70. The van der Waals surface area contributed by atoms with E-state index in [4.69, 9.17) is 4.74 Å². The van der Waals surface area contributed by atoms with E-state index in [1.54, 1.807) is 13.3 Å². The van der Waals surface area contributed by atoms with E-state index in [0.717, 1.165) is 26.1 Å². The van der Waals surface area contributed by atoms with Crippen LogP contribution in [-0.4, -0.2) is 36.6 Å². The Hall–Kier alpha value is -0.870. The first-order valence-electron chi connectivity index (χ1n) is 5.01. The fourth-order valence-electron chi connectivity index (χ4n) is 2.07. The predicted molar refractivity (Wildman–Crippen MR) is 53.0 cm³/mol. The van der Waals surface area contributed by atoms with Gasteiger partial charge in [-0.05, 0) is 13.0 Å². The number of aromatic nitrogens is 2. The van der Waals surface area contributed by atoms with Gasteiger partial charge in [0.25, 0.3) is 0 Å². The van der Waals surface area contributed by atoms with Gasteiger partial charge in [0, 0.05) is 31.8 Å². The lowest BCUT2D eigenvalue weighted by Crippen LogP contribution is -2.40. The smallest absolute Gasteiger partial charge is 0.0593 e. The second-order valence-electron chi connectivity index (χ2n) is 3.70. The summed E-state index contributed by atoms with van der Waals surface area (Å²) in [7, 11) is 1.75. The van der Waals surface area contributed by atoms with Crippen LogP contribution < -0.4 is 5.32 Å². The van der Waals surface area contributed by atoms with Gasteiger partial charge in [-0.3, -0.25) is 4.68 Å². The average Bonchev–Trinajstić information content (AvgIpc) is 2.72. The highest BCUT2D eigenvalue weighted by atomic mass is 16.5. The SMILES string of the molecule is COCC1CNCCC1n1c[c]cn1.